The maximum absolute atomic E-state index is 5.23. The van der Waals surface area contributed by atoms with Gasteiger partial charge in [-0.3, -0.25) is 4.68 Å². The van der Waals surface area contributed by atoms with Gasteiger partial charge in [0.15, 0.2) is 0 Å². The molecule has 0 saturated carbocycles. The van der Waals surface area contributed by atoms with Crippen LogP contribution < -0.4 is 5.32 Å². The summed E-state index contributed by atoms with van der Waals surface area (Å²) in [4.78, 5) is 0. The molecule has 0 fully saturated rings. The summed E-state index contributed by atoms with van der Waals surface area (Å²) in [5, 5.41) is 8.01. The summed E-state index contributed by atoms with van der Waals surface area (Å²) in [5.41, 5.74) is 2.30. The van der Waals surface area contributed by atoms with Gasteiger partial charge in [-0.15, -0.1) is 0 Å². The van der Waals surface area contributed by atoms with Gasteiger partial charge in [0, 0.05) is 12.1 Å². The summed E-state index contributed by atoms with van der Waals surface area (Å²) >= 11 is 3.61. The second-order valence-corrected chi connectivity index (χ2v) is 5.40. The molecule has 2 rings (SSSR count). The van der Waals surface area contributed by atoms with E-state index in [2.05, 4.69) is 44.9 Å². The fourth-order valence-electron chi connectivity index (χ4n) is 2.15. The Kier molecular flexibility index (Phi) is 5.22. The smallest absolute Gasteiger partial charge is 0.0954 e. The number of rotatable bonds is 7. The number of nitrogens with zero attached hydrogens (tertiary/aromatic N) is 2. The number of aryl methyl sites for hydroxylation is 1. The van der Waals surface area contributed by atoms with E-state index in [0.717, 1.165) is 41.7 Å². The average molecular weight is 326 g/mol. The molecule has 1 atom stereocenters. The van der Waals surface area contributed by atoms with E-state index in [1.165, 1.54) is 0 Å². The molecule has 4 nitrogen and oxygen atoms in total. The highest BCUT2D eigenvalue weighted by Crippen LogP contribution is 2.29. The Balaban J connectivity index is 2.34. The minimum Gasteiger partial charge on any atom is -0.472 e. The fourth-order valence-corrected chi connectivity index (χ4v) is 2.67. The number of hydrogen-bond acceptors (Lipinski definition) is 3. The number of aromatic nitrogens is 2. The monoisotopic (exact) mass is 325 g/mol. The van der Waals surface area contributed by atoms with Gasteiger partial charge in [0.05, 0.1) is 34.9 Å². The Bertz CT molecular complexity index is 493. The fraction of sp³-hybridized carbons (Fsp3) is 0.500. The molecule has 2 aromatic rings. The molecule has 0 saturated heterocycles. The lowest BCUT2D eigenvalue weighted by molar-refractivity contribution is 0.502. The molecule has 2 heterocycles. The van der Waals surface area contributed by atoms with Crippen molar-refractivity contribution in [3.05, 3.63) is 40.5 Å². The zero-order valence-corrected chi connectivity index (χ0v) is 13.0. The first-order valence-corrected chi connectivity index (χ1v) is 7.53. The third-order valence-electron chi connectivity index (χ3n) is 3.02. The van der Waals surface area contributed by atoms with Crippen LogP contribution in [0.3, 0.4) is 0 Å². The molecule has 0 aromatic carbocycles. The lowest BCUT2D eigenvalue weighted by Gasteiger charge is -2.19. The normalized spacial score (nSPS) is 12.8. The van der Waals surface area contributed by atoms with Crippen molar-refractivity contribution in [3.63, 3.8) is 0 Å². The molecule has 1 unspecified atom stereocenters. The lowest BCUT2D eigenvalue weighted by Crippen LogP contribution is -2.26. The second-order valence-electron chi connectivity index (χ2n) is 4.54. The van der Waals surface area contributed by atoms with Crippen molar-refractivity contribution in [2.75, 3.05) is 6.54 Å². The van der Waals surface area contributed by atoms with E-state index in [1.54, 1.807) is 12.5 Å². The highest BCUT2D eigenvalue weighted by atomic mass is 79.9. The van der Waals surface area contributed by atoms with Crippen molar-refractivity contribution in [2.24, 2.45) is 0 Å². The van der Waals surface area contributed by atoms with Crippen LogP contribution in [0.2, 0.25) is 0 Å². The number of hydrogen-bond donors (Lipinski definition) is 1. The Morgan fingerprint density at radius 3 is 2.89 bits per heavy atom. The van der Waals surface area contributed by atoms with Crippen LogP contribution in [0.4, 0.5) is 0 Å². The molecular weight excluding hydrogens is 306 g/mol. The van der Waals surface area contributed by atoms with Gasteiger partial charge in [0.1, 0.15) is 0 Å². The van der Waals surface area contributed by atoms with Crippen molar-refractivity contribution in [1.29, 1.82) is 0 Å². The predicted molar refractivity (Wildman–Crippen MR) is 79.1 cm³/mol. The molecule has 0 bridgehead atoms. The van der Waals surface area contributed by atoms with Crippen LogP contribution >= 0.6 is 15.9 Å². The molecule has 0 radical (unpaired) electrons. The van der Waals surface area contributed by atoms with E-state index in [0.29, 0.717) is 0 Å². The summed E-state index contributed by atoms with van der Waals surface area (Å²) in [5.74, 6) is 0. The molecular formula is C14H20BrN3O. The van der Waals surface area contributed by atoms with Gasteiger partial charge >= 0.3 is 0 Å². The summed E-state index contributed by atoms with van der Waals surface area (Å²) in [6.07, 6.45) is 7.53. The Hall–Kier alpha value is -1.07. The van der Waals surface area contributed by atoms with E-state index in [4.69, 9.17) is 4.42 Å². The first kappa shape index (κ1) is 14.3. The van der Waals surface area contributed by atoms with E-state index in [-0.39, 0.29) is 6.04 Å². The summed E-state index contributed by atoms with van der Waals surface area (Å²) < 4.78 is 8.33. The quantitative estimate of drug-likeness (QED) is 0.843. The molecule has 5 heteroatoms. The maximum atomic E-state index is 5.23. The highest BCUT2D eigenvalue weighted by molar-refractivity contribution is 9.10. The van der Waals surface area contributed by atoms with Crippen molar-refractivity contribution < 1.29 is 4.42 Å². The highest BCUT2D eigenvalue weighted by Gasteiger charge is 2.22. The molecule has 104 valence electrons. The van der Waals surface area contributed by atoms with Crippen LogP contribution in [0.1, 0.15) is 44.0 Å². The maximum Gasteiger partial charge on any atom is 0.0954 e. The zero-order valence-electron chi connectivity index (χ0n) is 11.4. The molecule has 0 aliphatic heterocycles. The standard InChI is InChI=1S/C14H20BrN3O/c1-3-6-16-13(11-5-8-19-10-11)14-12(15)9-17-18(14)7-4-2/h5,8-10,13,16H,3-4,6-7H2,1-2H3. The first-order chi connectivity index (χ1) is 9.27. The summed E-state index contributed by atoms with van der Waals surface area (Å²) in [7, 11) is 0. The third kappa shape index (κ3) is 3.28. The van der Waals surface area contributed by atoms with Gasteiger partial charge < -0.3 is 9.73 Å². The molecule has 0 aliphatic carbocycles. The van der Waals surface area contributed by atoms with Crippen molar-refractivity contribution in [3.8, 4) is 0 Å². The van der Waals surface area contributed by atoms with Gasteiger partial charge in [0.25, 0.3) is 0 Å². The first-order valence-electron chi connectivity index (χ1n) is 6.74. The van der Waals surface area contributed by atoms with Crippen molar-refractivity contribution in [1.82, 2.24) is 15.1 Å². The molecule has 1 N–H and O–H groups in total. The number of halogens is 1. The Morgan fingerprint density at radius 2 is 2.26 bits per heavy atom. The second kappa shape index (κ2) is 6.91. The number of furan rings is 1. The van der Waals surface area contributed by atoms with Gasteiger partial charge in [-0.05, 0) is 41.4 Å². The molecule has 0 aliphatic rings. The van der Waals surface area contributed by atoms with Crippen LogP contribution in [0, 0.1) is 0 Å². The van der Waals surface area contributed by atoms with Crippen LogP contribution in [0.25, 0.3) is 0 Å². The van der Waals surface area contributed by atoms with Crippen LogP contribution in [-0.2, 0) is 6.54 Å². The van der Waals surface area contributed by atoms with Gasteiger partial charge in [-0.25, -0.2) is 0 Å². The molecule has 19 heavy (non-hydrogen) atoms. The predicted octanol–water partition coefficient (Wildman–Crippen LogP) is 3.74. The average Bonchev–Trinajstić information content (AvgIpc) is 3.03. The third-order valence-corrected chi connectivity index (χ3v) is 3.63. The molecule has 0 amide bonds. The van der Waals surface area contributed by atoms with E-state index in [9.17, 15) is 0 Å². The molecule has 0 spiro atoms. The van der Waals surface area contributed by atoms with Gasteiger partial charge in [0.2, 0.25) is 0 Å². The van der Waals surface area contributed by atoms with Crippen LogP contribution in [-0.4, -0.2) is 16.3 Å². The Morgan fingerprint density at radius 1 is 1.42 bits per heavy atom. The SMILES string of the molecule is CCCNC(c1ccoc1)c1c(Br)cnn1CCC. The topological polar surface area (TPSA) is 43.0 Å². The minimum atomic E-state index is 0.113. The van der Waals surface area contributed by atoms with Crippen molar-refractivity contribution >= 4 is 15.9 Å². The molecule has 2 aromatic heterocycles. The van der Waals surface area contributed by atoms with Gasteiger partial charge in [-0.1, -0.05) is 13.8 Å². The summed E-state index contributed by atoms with van der Waals surface area (Å²) in [6.45, 7) is 6.20. The van der Waals surface area contributed by atoms with Crippen LogP contribution in [0.5, 0.6) is 0 Å². The van der Waals surface area contributed by atoms with E-state index in [1.807, 2.05) is 12.3 Å². The van der Waals surface area contributed by atoms with E-state index >= 15 is 0 Å². The van der Waals surface area contributed by atoms with E-state index < -0.39 is 0 Å². The minimum absolute atomic E-state index is 0.113. The zero-order chi connectivity index (χ0) is 13.7. The largest absolute Gasteiger partial charge is 0.472 e. The number of nitrogens with one attached hydrogen (secondary N) is 1. The summed E-state index contributed by atoms with van der Waals surface area (Å²) in [6, 6.07) is 2.12. The lowest BCUT2D eigenvalue weighted by atomic mass is 10.1. The van der Waals surface area contributed by atoms with Crippen molar-refractivity contribution in [2.45, 2.75) is 39.3 Å². The Labute approximate surface area is 122 Å². The van der Waals surface area contributed by atoms with Gasteiger partial charge in [-0.2, -0.15) is 5.10 Å². The van der Waals surface area contributed by atoms with Crippen LogP contribution in [0.15, 0.2) is 33.7 Å².